The number of aromatic nitrogens is 4. The lowest BCUT2D eigenvalue weighted by Crippen LogP contribution is -2.27. The van der Waals surface area contributed by atoms with Gasteiger partial charge in [-0.15, -0.1) is 0 Å². The molecule has 0 aliphatic carbocycles. The van der Waals surface area contributed by atoms with E-state index in [9.17, 15) is 9.90 Å². The van der Waals surface area contributed by atoms with E-state index in [1.165, 1.54) is 10.7 Å². The van der Waals surface area contributed by atoms with E-state index in [-0.39, 0.29) is 18.1 Å². The zero-order valence-corrected chi connectivity index (χ0v) is 13.1. The summed E-state index contributed by atoms with van der Waals surface area (Å²) >= 11 is 0. The number of nitrogen functional groups attached to an aromatic ring is 1. The summed E-state index contributed by atoms with van der Waals surface area (Å²) in [4.78, 5) is 20.3. The molecule has 0 aliphatic rings. The first-order valence-corrected chi connectivity index (χ1v) is 7.49. The summed E-state index contributed by atoms with van der Waals surface area (Å²) in [5.41, 5.74) is 8.16. The fraction of sp³-hybridized carbons (Fsp3) is 0.176. The molecule has 0 saturated carbocycles. The number of aliphatic hydroxyl groups is 1. The molecule has 0 fully saturated rings. The van der Waals surface area contributed by atoms with E-state index in [0.717, 1.165) is 5.56 Å². The number of anilines is 1. The first-order valence-electron chi connectivity index (χ1n) is 7.49. The Labute approximate surface area is 138 Å². The van der Waals surface area contributed by atoms with Crippen molar-refractivity contribution in [1.82, 2.24) is 19.7 Å². The molecule has 3 aromatic rings. The van der Waals surface area contributed by atoms with Crippen LogP contribution in [-0.4, -0.2) is 31.5 Å². The van der Waals surface area contributed by atoms with Crippen molar-refractivity contribution in [3.8, 4) is 22.5 Å². The Kier molecular flexibility index (Phi) is 4.35. The molecule has 3 N–H and O–H groups in total. The minimum atomic E-state index is -0.424. The van der Waals surface area contributed by atoms with Gasteiger partial charge in [-0.25, -0.2) is 14.6 Å². The van der Waals surface area contributed by atoms with Crippen molar-refractivity contribution in [2.24, 2.45) is 0 Å². The van der Waals surface area contributed by atoms with Gasteiger partial charge in [0.1, 0.15) is 0 Å². The Morgan fingerprint density at radius 1 is 1.21 bits per heavy atom. The molecule has 0 saturated heterocycles. The minimum Gasteiger partial charge on any atom is -0.394 e. The molecule has 122 valence electrons. The number of nitrogens with two attached hydrogens (primary N) is 1. The summed E-state index contributed by atoms with van der Waals surface area (Å²) in [7, 11) is 0. The number of aliphatic hydroxyl groups excluding tert-OH is 1. The van der Waals surface area contributed by atoms with E-state index in [4.69, 9.17) is 5.73 Å². The molecule has 0 radical (unpaired) electrons. The van der Waals surface area contributed by atoms with Crippen molar-refractivity contribution < 1.29 is 5.11 Å². The van der Waals surface area contributed by atoms with E-state index in [1.807, 2.05) is 30.3 Å². The van der Waals surface area contributed by atoms with Gasteiger partial charge in [0.05, 0.1) is 24.0 Å². The number of nitrogens with zero attached hydrogens (tertiary/aromatic N) is 4. The molecular formula is C17H17N5O2. The maximum Gasteiger partial charge on any atom is 0.267 e. The lowest BCUT2D eigenvalue weighted by Gasteiger charge is -2.13. The van der Waals surface area contributed by atoms with Crippen molar-refractivity contribution >= 4 is 5.95 Å². The lowest BCUT2D eigenvalue weighted by atomic mass is 10.0. The summed E-state index contributed by atoms with van der Waals surface area (Å²) in [5, 5.41) is 13.7. The van der Waals surface area contributed by atoms with Crippen LogP contribution in [0, 0.1) is 0 Å². The fourth-order valence-corrected chi connectivity index (χ4v) is 2.36. The van der Waals surface area contributed by atoms with E-state index >= 15 is 0 Å². The Morgan fingerprint density at radius 3 is 2.67 bits per heavy atom. The van der Waals surface area contributed by atoms with Crippen LogP contribution in [0.25, 0.3) is 22.5 Å². The lowest BCUT2D eigenvalue weighted by molar-refractivity contribution is 0.226. The van der Waals surface area contributed by atoms with E-state index in [0.29, 0.717) is 17.0 Å². The molecule has 24 heavy (non-hydrogen) atoms. The zero-order chi connectivity index (χ0) is 17.1. The van der Waals surface area contributed by atoms with Crippen LogP contribution in [0.5, 0.6) is 0 Å². The number of hydrogen-bond donors (Lipinski definition) is 2. The number of benzene rings is 1. The third kappa shape index (κ3) is 3.02. The Morgan fingerprint density at radius 2 is 1.96 bits per heavy atom. The molecule has 7 heteroatoms. The van der Waals surface area contributed by atoms with E-state index in [1.54, 1.807) is 19.2 Å². The van der Waals surface area contributed by atoms with Crippen LogP contribution in [0.3, 0.4) is 0 Å². The Balaban J connectivity index is 2.19. The second-order valence-corrected chi connectivity index (χ2v) is 5.39. The van der Waals surface area contributed by atoms with E-state index in [2.05, 4.69) is 15.1 Å². The highest BCUT2D eigenvalue weighted by atomic mass is 16.3. The fourth-order valence-electron chi connectivity index (χ4n) is 2.36. The van der Waals surface area contributed by atoms with Crippen LogP contribution in [-0.2, 0) is 0 Å². The smallest absolute Gasteiger partial charge is 0.267 e. The van der Waals surface area contributed by atoms with E-state index < -0.39 is 6.04 Å². The van der Waals surface area contributed by atoms with Crippen molar-refractivity contribution in [2.75, 3.05) is 12.3 Å². The van der Waals surface area contributed by atoms with Gasteiger partial charge in [0.2, 0.25) is 5.95 Å². The van der Waals surface area contributed by atoms with Crippen LogP contribution in [0.15, 0.2) is 53.5 Å². The average Bonchev–Trinajstić information content (AvgIpc) is 2.62. The van der Waals surface area contributed by atoms with Gasteiger partial charge in [-0.2, -0.15) is 5.10 Å². The van der Waals surface area contributed by atoms with Gasteiger partial charge >= 0.3 is 0 Å². The SMILES string of the molecule is CC(CO)n1nc(-c2cnc(N)nc2-c2ccccc2)ccc1=O. The molecule has 0 spiro atoms. The molecule has 2 heterocycles. The summed E-state index contributed by atoms with van der Waals surface area (Å²) < 4.78 is 1.25. The molecule has 1 atom stereocenters. The van der Waals surface area contributed by atoms with Crippen LogP contribution in [0.1, 0.15) is 13.0 Å². The van der Waals surface area contributed by atoms with Crippen LogP contribution < -0.4 is 11.3 Å². The molecule has 0 aliphatic heterocycles. The van der Waals surface area contributed by atoms with Crippen LogP contribution >= 0.6 is 0 Å². The van der Waals surface area contributed by atoms with Gasteiger partial charge in [0, 0.05) is 23.4 Å². The summed E-state index contributed by atoms with van der Waals surface area (Å²) in [6, 6.07) is 12.2. The van der Waals surface area contributed by atoms with Crippen molar-refractivity contribution in [1.29, 1.82) is 0 Å². The van der Waals surface area contributed by atoms with Crippen molar-refractivity contribution in [3.63, 3.8) is 0 Å². The third-order valence-electron chi connectivity index (χ3n) is 3.64. The molecule has 7 nitrogen and oxygen atoms in total. The molecule has 3 rings (SSSR count). The second-order valence-electron chi connectivity index (χ2n) is 5.39. The molecule has 0 amide bonds. The molecule has 1 unspecified atom stereocenters. The van der Waals surface area contributed by atoms with Gasteiger partial charge in [-0.1, -0.05) is 30.3 Å². The Bertz CT molecular complexity index is 908. The normalized spacial score (nSPS) is 12.1. The van der Waals surface area contributed by atoms with Crippen LogP contribution in [0.4, 0.5) is 5.95 Å². The van der Waals surface area contributed by atoms with Gasteiger partial charge < -0.3 is 10.8 Å². The average molecular weight is 323 g/mol. The maximum atomic E-state index is 12.0. The van der Waals surface area contributed by atoms with Crippen molar-refractivity contribution in [3.05, 3.63) is 59.0 Å². The predicted octanol–water partition coefficient (Wildman–Crippen LogP) is 1.50. The molecular weight excluding hydrogens is 306 g/mol. The van der Waals surface area contributed by atoms with Crippen LogP contribution in [0.2, 0.25) is 0 Å². The third-order valence-corrected chi connectivity index (χ3v) is 3.64. The standard InChI is InChI=1S/C17H17N5O2/c1-11(10-23)22-15(24)8-7-14(21-22)13-9-19-17(18)20-16(13)12-5-3-2-4-6-12/h2-9,11,23H,10H2,1H3,(H2,18,19,20). The van der Waals surface area contributed by atoms with Gasteiger partial charge in [0.15, 0.2) is 0 Å². The second kappa shape index (κ2) is 6.59. The van der Waals surface area contributed by atoms with Gasteiger partial charge in [-0.05, 0) is 13.0 Å². The highest BCUT2D eigenvalue weighted by Crippen LogP contribution is 2.28. The quantitative estimate of drug-likeness (QED) is 0.753. The number of hydrogen-bond acceptors (Lipinski definition) is 6. The highest BCUT2D eigenvalue weighted by Gasteiger charge is 2.14. The highest BCUT2D eigenvalue weighted by molar-refractivity contribution is 5.78. The summed E-state index contributed by atoms with van der Waals surface area (Å²) in [6.45, 7) is 1.54. The summed E-state index contributed by atoms with van der Waals surface area (Å²) in [5.74, 6) is 0.162. The van der Waals surface area contributed by atoms with Gasteiger partial charge in [0.25, 0.3) is 5.56 Å². The Hall–Kier alpha value is -3.06. The predicted molar refractivity (Wildman–Crippen MR) is 91.2 cm³/mol. The largest absolute Gasteiger partial charge is 0.394 e. The molecule has 1 aromatic carbocycles. The minimum absolute atomic E-state index is 0.162. The first kappa shape index (κ1) is 15.8. The van der Waals surface area contributed by atoms with Gasteiger partial charge in [-0.3, -0.25) is 4.79 Å². The monoisotopic (exact) mass is 323 g/mol. The molecule has 2 aromatic heterocycles. The summed E-state index contributed by atoms with van der Waals surface area (Å²) in [6.07, 6.45) is 1.59. The topological polar surface area (TPSA) is 107 Å². The maximum absolute atomic E-state index is 12.0. The molecule has 0 bridgehead atoms. The first-order chi connectivity index (χ1) is 11.6. The number of rotatable bonds is 4. The zero-order valence-electron chi connectivity index (χ0n) is 13.1. The van der Waals surface area contributed by atoms with Crippen molar-refractivity contribution in [2.45, 2.75) is 13.0 Å².